The second-order valence-corrected chi connectivity index (χ2v) is 5.85. The molecular weight excluding hydrogens is 334 g/mol. The van der Waals surface area contributed by atoms with Gasteiger partial charge in [0.2, 0.25) is 5.88 Å². The lowest BCUT2D eigenvalue weighted by Crippen LogP contribution is -2.25. The normalized spacial score (nSPS) is 10.7. The van der Waals surface area contributed by atoms with Gasteiger partial charge in [-0.1, -0.05) is 0 Å². The Kier molecular flexibility index (Phi) is 5.01. The van der Waals surface area contributed by atoms with E-state index in [1.165, 1.54) is 0 Å². The third-order valence-electron chi connectivity index (χ3n) is 3.07. The molecule has 0 aliphatic carbocycles. The molecule has 21 heavy (non-hydrogen) atoms. The SMILES string of the molecule is COc1cc(CNC(=O)c2cc(Br)cn2C(C)C)ccn1. The molecule has 2 heterocycles. The van der Waals surface area contributed by atoms with Gasteiger partial charge in [-0.3, -0.25) is 4.79 Å². The standard InChI is InChI=1S/C15H18BrN3O2/c1-10(2)19-9-12(16)7-13(19)15(20)18-8-11-4-5-17-14(6-11)21-3/h4-7,9-10H,8H2,1-3H3,(H,18,20). The molecule has 1 N–H and O–H groups in total. The average Bonchev–Trinajstić information content (AvgIpc) is 2.87. The number of nitrogens with one attached hydrogen (secondary N) is 1. The molecule has 112 valence electrons. The summed E-state index contributed by atoms with van der Waals surface area (Å²) in [4.78, 5) is 16.3. The van der Waals surface area contributed by atoms with E-state index in [4.69, 9.17) is 4.74 Å². The number of hydrogen-bond donors (Lipinski definition) is 1. The molecule has 0 bridgehead atoms. The summed E-state index contributed by atoms with van der Waals surface area (Å²) >= 11 is 3.41. The third kappa shape index (κ3) is 3.85. The number of carbonyl (C=O) groups excluding carboxylic acids is 1. The largest absolute Gasteiger partial charge is 0.481 e. The van der Waals surface area contributed by atoms with Crippen molar-refractivity contribution in [1.29, 1.82) is 0 Å². The Labute approximate surface area is 132 Å². The van der Waals surface area contributed by atoms with Crippen LogP contribution in [0.3, 0.4) is 0 Å². The molecule has 0 fully saturated rings. The summed E-state index contributed by atoms with van der Waals surface area (Å²) < 4.78 is 7.90. The minimum absolute atomic E-state index is 0.106. The molecule has 0 aliphatic rings. The van der Waals surface area contributed by atoms with Crippen molar-refractivity contribution < 1.29 is 9.53 Å². The van der Waals surface area contributed by atoms with E-state index in [-0.39, 0.29) is 11.9 Å². The summed E-state index contributed by atoms with van der Waals surface area (Å²) in [6, 6.07) is 5.69. The number of carbonyl (C=O) groups is 1. The Hall–Kier alpha value is -1.82. The fraction of sp³-hybridized carbons (Fsp3) is 0.333. The Morgan fingerprint density at radius 3 is 2.90 bits per heavy atom. The van der Waals surface area contributed by atoms with Crippen LogP contribution in [0.15, 0.2) is 35.1 Å². The van der Waals surface area contributed by atoms with Crippen LogP contribution in [-0.2, 0) is 6.54 Å². The molecule has 2 aromatic heterocycles. The smallest absolute Gasteiger partial charge is 0.268 e. The zero-order valence-electron chi connectivity index (χ0n) is 12.3. The molecule has 0 atom stereocenters. The highest BCUT2D eigenvalue weighted by Gasteiger charge is 2.14. The molecule has 5 nitrogen and oxygen atoms in total. The lowest BCUT2D eigenvalue weighted by molar-refractivity contribution is 0.0940. The Bertz CT molecular complexity index is 638. The Balaban J connectivity index is 2.08. The first kappa shape index (κ1) is 15.6. The highest BCUT2D eigenvalue weighted by Crippen LogP contribution is 2.19. The van der Waals surface area contributed by atoms with Crippen LogP contribution in [0.2, 0.25) is 0 Å². The monoisotopic (exact) mass is 351 g/mol. The predicted octanol–water partition coefficient (Wildman–Crippen LogP) is 3.17. The van der Waals surface area contributed by atoms with E-state index in [2.05, 4.69) is 26.2 Å². The molecule has 2 rings (SSSR count). The number of nitrogens with zero attached hydrogens (tertiary/aromatic N) is 2. The summed E-state index contributed by atoms with van der Waals surface area (Å²) in [6.45, 7) is 4.51. The number of methoxy groups -OCH3 is 1. The fourth-order valence-electron chi connectivity index (χ4n) is 2.00. The zero-order valence-corrected chi connectivity index (χ0v) is 13.8. The first-order valence-corrected chi connectivity index (χ1v) is 7.45. The second-order valence-electron chi connectivity index (χ2n) is 4.93. The lowest BCUT2D eigenvalue weighted by Gasteiger charge is -2.12. The van der Waals surface area contributed by atoms with Gasteiger partial charge in [-0.05, 0) is 47.5 Å². The summed E-state index contributed by atoms with van der Waals surface area (Å²) in [7, 11) is 1.57. The van der Waals surface area contributed by atoms with Crippen LogP contribution in [0.1, 0.15) is 35.9 Å². The maximum atomic E-state index is 12.3. The first-order chi connectivity index (χ1) is 10.0. The molecule has 0 unspecified atom stereocenters. The van der Waals surface area contributed by atoms with E-state index in [0.29, 0.717) is 18.1 Å². The first-order valence-electron chi connectivity index (χ1n) is 6.65. The summed E-state index contributed by atoms with van der Waals surface area (Å²) in [5, 5.41) is 2.91. The van der Waals surface area contributed by atoms with Crippen LogP contribution < -0.4 is 10.1 Å². The summed E-state index contributed by atoms with van der Waals surface area (Å²) in [6.07, 6.45) is 3.57. The van der Waals surface area contributed by atoms with E-state index in [1.54, 1.807) is 19.4 Å². The van der Waals surface area contributed by atoms with Crippen LogP contribution in [0.5, 0.6) is 5.88 Å². The minimum Gasteiger partial charge on any atom is -0.481 e. The molecule has 0 radical (unpaired) electrons. The second kappa shape index (κ2) is 6.76. The van der Waals surface area contributed by atoms with Gasteiger partial charge in [0.1, 0.15) is 5.69 Å². The van der Waals surface area contributed by atoms with Gasteiger partial charge < -0.3 is 14.6 Å². The van der Waals surface area contributed by atoms with E-state index >= 15 is 0 Å². The maximum absolute atomic E-state index is 12.3. The molecule has 6 heteroatoms. The van der Waals surface area contributed by atoms with Crippen LogP contribution in [0.25, 0.3) is 0 Å². The van der Waals surface area contributed by atoms with Gasteiger partial charge >= 0.3 is 0 Å². The zero-order chi connectivity index (χ0) is 15.4. The van der Waals surface area contributed by atoms with Crippen molar-refractivity contribution in [3.8, 4) is 5.88 Å². The van der Waals surface area contributed by atoms with Crippen molar-refractivity contribution >= 4 is 21.8 Å². The average molecular weight is 352 g/mol. The highest BCUT2D eigenvalue weighted by atomic mass is 79.9. The van der Waals surface area contributed by atoms with Crippen molar-refractivity contribution in [3.63, 3.8) is 0 Å². The Morgan fingerprint density at radius 2 is 2.24 bits per heavy atom. The van der Waals surface area contributed by atoms with Crippen LogP contribution in [0.4, 0.5) is 0 Å². The van der Waals surface area contributed by atoms with Crippen LogP contribution in [-0.4, -0.2) is 22.6 Å². The van der Waals surface area contributed by atoms with Crippen molar-refractivity contribution in [3.05, 3.63) is 46.3 Å². The van der Waals surface area contributed by atoms with E-state index in [1.807, 2.05) is 36.7 Å². The number of pyridine rings is 1. The predicted molar refractivity (Wildman–Crippen MR) is 84.5 cm³/mol. The third-order valence-corrected chi connectivity index (χ3v) is 3.50. The van der Waals surface area contributed by atoms with Crippen molar-refractivity contribution in [1.82, 2.24) is 14.9 Å². The van der Waals surface area contributed by atoms with Gasteiger partial charge in [0, 0.05) is 35.5 Å². The van der Waals surface area contributed by atoms with Gasteiger partial charge in [0.25, 0.3) is 5.91 Å². The molecule has 0 saturated heterocycles. The van der Waals surface area contributed by atoms with Gasteiger partial charge in [-0.2, -0.15) is 0 Å². The number of ether oxygens (including phenoxy) is 1. The highest BCUT2D eigenvalue weighted by molar-refractivity contribution is 9.10. The van der Waals surface area contributed by atoms with Gasteiger partial charge in [0.15, 0.2) is 0 Å². The molecular formula is C15H18BrN3O2. The van der Waals surface area contributed by atoms with Crippen LogP contribution in [0, 0.1) is 0 Å². The molecule has 0 saturated carbocycles. The maximum Gasteiger partial charge on any atom is 0.268 e. The van der Waals surface area contributed by atoms with E-state index in [9.17, 15) is 4.79 Å². The van der Waals surface area contributed by atoms with Gasteiger partial charge in [0.05, 0.1) is 7.11 Å². The Morgan fingerprint density at radius 1 is 1.48 bits per heavy atom. The molecule has 0 aliphatic heterocycles. The van der Waals surface area contributed by atoms with Gasteiger partial charge in [-0.15, -0.1) is 0 Å². The van der Waals surface area contributed by atoms with Crippen LogP contribution >= 0.6 is 15.9 Å². The van der Waals surface area contributed by atoms with Crippen molar-refractivity contribution in [2.75, 3.05) is 7.11 Å². The van der Waals surface area contributed by atoms with E-state index < -0.39 is 0 Å². The molecule has 0 spiro atoms. The fourth-order valence-corrected chi connectivity index (χ4v) is 2.44. The molecule has 2 aromatic rings. The number of amides is 1. The van der Waals surface area contributed by atoms with E-state index in [0.717, 1.165) is 10.0 Å². The number of hydrogen-bond acceptors (Lipinski definition) is 3. The number of aromatic nitrogens is 2. The quantitative estimate of drug-likeness (QED) is 0.899. The van der Waals surface area contributed by atoms with Gasteiger partial charge in [-0.25, -0.2) is 4.98 Å². The summed E-state index contributed by atoms with van der Waals surface area (Å²) in [5.74, 6) is 0.431. The minimum atomic E-state index is -0.106. The lowest BCUT2D eigenvalue weighted by atomic mass is 10.2. The number of rotatable bonds is 5. The molecule has 0 aromatic carbocycles. The van der Waals surface area contributed by atoms with Crippen molar-refractivity contribution in [2.45, 2.75) is 26.4 Å². The summed E-state index contributed by atoms with van der Waals surface area (Å²) in [5.41, 5.74) is 1.58. The molecule has 1 amide bonds. The topological polar surface area (TPSA) is 56.1 Å². The van der Waals surface area contributed by atoms with Crippen molar-refractivity contribution in [2.24, 2.45) is 0 Å². The number of halogens is 1.